The highest BCUT2D eigenvalue weighted by Crippen LogP contribution is 2.16. The predicted octanol–water partition coefficient (Wildman–Crippen LogP) is 0.118. The van der Waals surface area contributed by atoms with Crippen molar-refractivity contribution in [3.8, 4) is 0 Å². The summed E-state index contributed by atoms with van der Waals surface area (Å²) in [6.07, 6.45) is 0.751. The van der Waals surface area contributed by atoms with E-state index in [1.165, 1.54) is 12.3 Å². The molecule has 4 nitrogen and oxygen atoms in total. The van der Waals surface area contributed by atoms with Crippen molar-refractivity contribution < 1.29 is 19.4 Å². The summed E-state index contributed by atoms with van der Waals surface area (Å²) in [7, 11) is 0. The summed E-state index contributed by atoms with van der Waals surface area (Å²) in [6.45, 7) is -0.416. The zero-order valence-corrected chi connectivity index (χ0v) is 5.73. The maximum absolute atomic E-state index is 10.2. The fourth-order valence-electron chi connectivity index (χ4n) is 0.800. The molecule has 0 fully saturated rings. The minimum Gasteiger partial charge on any atom is -0.461 e. The molecule has 0 radical (unpaired) electrons. The molecule has 0 spiro atoms. The van der Waals surface area contributed by atoms with E-state index in [-0.39, 0.29) is 5.76 Å². The van der Waals surface area contributed by atoms with Crippen LogP contribution in [0.15, 0.2) is 16.7 Å². The van der Waals surface area contributed by atoms with Gasteiger partial charge in [0.05, 0.1) is 12.9 Å². The first kappa shape index (κ1) is 7.97. The standard InChI is InChI=1S/C7H8O4/c8-3-6(10)5-1-2-11-7(5)4-9/h1-2,4,6,8,10H,3H2. The molecule has 0 aliphatic heterocycles. The van der Waals surface area contributed by atoms with Gasteiger partial charge >= 0.3 is 0 Å². The fourth-order valence-corrected chi connectivity index (χ4v) is 0.800. The van der Waals surface area contributed by atoms with Crippen molar-refractivity contribution in [3.05, 3.63) is 23.7 Å². The lowest BCUT2D eigenvalue weighted by molar-refractivity contribution is 0.0920. The molecule has 11 heavy (non-hydrogen) atoms. The van der Waals surface area contributed by atoms with Gasteiger partial charge in [0.15, 0.2) is 12.0 Å². The monoisotopic (exact) mass is 156 g/mol. The van der Waals surface area contributed by atoms with Crippen LogP contribution in [0.25, 0.3) is 0 Å². The summed E-state index contributed by atoms with van der Waals surface area (Å²) in [5.41, 5.74) is 0.322. The molecule has 0 aliphatic rings. The van der Waals surface area contributed by atoms with E-state index < -0.39 is 12.7 Å². The van der Waals surface area contributed by atoms with Crippen molar-refractivity contribution in [3.63, 3.8) is 0 Å². The molecular weight excluding hydrogens is 148 g/mol. The molecule has 1 unspecified atom stereocenters. The van der Waals surface area contributed by atoms with Gasteiger partial charge in [-0.3, -0.25) is 4.79 Å². The van der Waals surface area contributed by atoms with Crippen LogP contribution in [0.1, 0.15) is 22.2 Å². The average Bonchev–Trinajstić information content (AvgIpc) is 2.50. The first-order valence-corrected chi connectivity index (χ1v) is 3.11. The van der Waals surface area contributed by atoms with Gasteiger partial charge in [-0.1, -0.05) is 0 Å². The Kier molecular flexibility index (Phi) is 2.40. The van der Waals surface area contributed by atoms with Crippen molar-refractivity contribution in [1.29, 1.82) is 0 Å². The minimum atomic E-state index is -1.03. The van der Waals surface area contributed by atoms with E-state index in [1.54, 1.807) is 0 Å². The number of aldehydes is 1. The Morgan fingerprint density at radius 2 is 2.45 bits per heavy atom. The van der Waals surface area contributed by atoms with Gasteiger partial charge in [0.2, 0.25) is 0 Å². The van der Waals surface area contributed by atoms with E-state index in [0.717, 1.165) is 0 Å². The van der Waals surface area contributed by atoms with Crippen LogP contribution in [-0.2, 0) is 0 Å². The van der Waals surface area contributed by atoms with E-state index in [1.807, 2.05) is 0 Å². The van der Waals surface area contributed by atoms with Gasteiger partial charge in [-0.05, 0) is 6.07 Å². The lowest BCUT2D eigenvalue weighted by Gasteiger charge is -2.02. The zero-order chi connectivity index (χ0) is 8.27. The van der Waals surface area contributed by atoms with Crippen LogP contribution in [0.5, 0.6) is 0 Å². The number of carbonyl (C=O) groups excluding carboxylic acids is 1. The number of aliphatic hydroxyl groups is 2. The highest BCUT2D eigenvalue weighted by molar-refractivity contribution is 5.73. The van der Waals surface area contributed by atoms with Crippen molar-refractivity contribution in [1.82, 2.24) is 0 Å². The molecule has 0 bridgehead atoms. The lowest BCUT2D eigenvalue weighted by Crippen LogP contribution is -2.03. The molecule has 0 saturated heterocycles. The Bertz CT molecular complexity index is 240. The molecule has 1 atom stereocenters. The molecule has 1 heterocycles. The van der Waals surface area contributed by atoms with E-state index in [9.17, 15) is 4.79 Å². The first-order chi connectivity index (χ1) is 5.29. The van der Waals surface area contributed by atoms with E-state index >= 15 is 0 Å². The quantitative estimate of drug-likeness (QED) is 0.609. The highest BCUT2D eigenvalue weighted by atomic mass is 16.3. The van der Waals surface area contributed by atoms with Gasteiger partial charge in [-0.25, -0.2) is 0 Å². The first-order valence-electron chi connectivity index (χ1n) is 3.11. The second-order valence-electron chi connectivity index (χ2n) is 2.06. The molecule has 60 valence electrons. The largest absolute Gasteiger partial charge is 0.461 e. The molecule has 4 heteroatoms. The lowest BCUT2D eigenvalue weighted by atomic mass is 10.1. The van der Waals surface area contributed by atoms with Gasteiger partial charge in [0.1, 0.15) is 6.10 Å². The summed E-state index contributed by atoms with van der Waals surface area (Å²) >= 11 is 0. The Labute approximate surface area is 63.1 Å². The minimum absolute atomic E-state index is 0.0616. The third-order valence-corrected chi connectivity index (χ3v) is 1.37. The molecule has 1 rings (SSSR count). The van der Waals surface area contributed by atoms with Gasteiger partial charge in [-0.15, -0.1) is 0 Å². The SMILES string of the molecule is O=Cc1occc1C(O)CO. The smallest absolute Gasteiger partial charge is 0.185 e. The van der Waals surface area contributed by atoms with Gasteiger partial charge < -0.3 is 14.6 Å². The Morgan fingerprint density at radius 1 is 1.73 bits per heavy atom. The topological polar surface area (TPSA) is 70.7 Å². The molecule has 0 amide bonds. The predicted molar refractivity (Wildman–Crippen MR) is 36.1 cm³/mol. The van der Waals surface area contributed by atoms with Crippen molar-refractivity contribution >= 4 is 6.29 Å². The number of rotatable bonds is 3. The average molecular weight is 156 g/mol. The number of furan rings is 1. The van der Waals surface area contributed by atoms with E-state index in [4.69, 9.17) is 14.6 Å². The van der Waals surface area contributed by atoms with Gasteiger partial charge in [-0.2, -0.15) is 0 Å². The highest BCUT2D eigenvalue weighted by Gasteiger charge is 2.12. The number of hydrogen-bond donors (Lipinski definition) is 2. The van der Waals surface area contributed by atoms with Crippen molar-refractivity contribution in [2.24, 2.45) is 0 Å². The second kappa shape index (κ2) is 3.32. The maximum atomic E-state index is 10.2. The summed E-state index contributed by atoms with van der Waals surface area (Å²) in [6, 6.07) is 1.45. The molecule has 0 saturated carbocycles. The fraction of sp³-hybridized carbons (Fsp3) is 0.286. The van der Waals surface area contributed by atoms with Crippen LogP contribution < -0.4 is 0 Å². The van der Waals surface area contributed by atoms with Crippen LogP contribution in [0.2, 0.25) is 0 Å². The number of hydrogen-bond acceptors (Lipinski definition) is 4. The maximum Gasteiger partial charge on any atom is 0.185 e. The Balaban J connectivity index is 2.92. The summed E-state index contributed by atoms with van der Waals surface area (Å²) < 4.78 is 4.70. The third kappa shape index (κ3) is 1.47. The van der Waals surface area contributed by atoms with Gasteiger partial charge in [0, 0.05) is 5.56 Å². The van der Waals surface area contributed by atoms with Crippen LogP contribution in [0.4, 0.5) is 0 Å². The summed E-state index contributed by atoms with van der Waals surface area (Å²) in [5.74, 6) is 0.0616. The zero-order valence-electron chi connectivity index (χ0n) is 5.73. The Morgan fingerprint density at radius 3 is 3.00 bits per heavy atom. The Hall–Kier alpha value is -1.13. The summed E-state index contributed by atoms with van der Waals surface area (Å²) in [5, 5.41) is 17.6. The summed E-state index contributed by atoms with van der Waals surface area (Å²) in [4.78, 5) is 10.2. The normalized spacial score (nSPS) is 12.9. The van der Waals surface area contributed by atoms with Crippen molar-refractivity contribution in [2.45, 2.75) is 6.10 Å². The van der Waals surface area contributed by atoms with Gasteiger partial charge in [0.25, 0.3) is 0 Å². The molecular formula is C7H8O4. The second-order valence-corrected chi connectivity index (χ2v) is 2.06. The van der Waals surface area contributed by atoms with E-state index in [0.29, 0.717) is 11.8 Å². The van der Waals surface area contributed by atoms with Crippen LogP contribution in [0.3, 0.4) is 0 Å². The van der Waals surface area contributed by atoms with Crippen LogP contribution in [-0.4, -0.2) is 23.1 Å². The van der Waals surface area contributed by atoms with Crippen LogP contribution >= 0.6 is 0 Å². The van der Waals surface area contributed by atoms with E-state index in [2.05, 4.69) is 0 Å². The van der Waals surface area contributed by atoms with Crippen LogP contribution in [0, 0.1) is 0 Å². The molecule has 1 aromatic heterocycles. The number of aliphatic hydroxyl groups excluding tert-OH is 2. The molecule has 0 aliphatic carbocycles. The van der Waals surface area contributed by atoms with Crippen molar-refractivity contribution in [2.75, 3.05) is 6.61 Å². The molecule has 2 N–H and O–H groups in total. The molecule has 1 aromatic rings. The molecule has 0 aromatic carbocycles. The third-order valence-electron chi connectivity index (χ3n) is 1.37. The number of carbonyl (C=O) groups is 1.